The molecule has 1 unspecified atom stereocenters. The fraction of sp³-hybridized carbons (Fsp3) is 0.444. The molecular formula is C18H23N3O3. The zero-order chi connectivity index (χ0) is 16.9. The summed E-state index contributed by atoms with van der Waals surface area (Å²) in [5.41, 5.74) is 0.955. The van der Waals surface area contributed by atoms with Crippen LogP contribution in [0.15, 0.2) is 34.9 Å². The van der Waals surface area contributed by atoms with E-state index in [0.29, 0.717) is 19.0 Å². The predicted octanol–water partition coefficient (Wildman–Crippen LogP) is 2.45. The van der Waals surface area contributed by atoms with Crippen LogP contribution in [0.25, 0.3) is 11.3 Å². The molecule has 1 aromatic heterocycles. The highest BCUT2D eigenvalue weighted by molar-refractivity contribution is 5.82. The van der Waals surface area contributed by atoms with E-state index < -0.39 is 0 Å². The van der Waals surface area contributed by atoms with E-state index in [2.05, 4.69) is 22.1 Å². The van der Waals surface area contributed by atoms with Gasteiger partial charge >= 0.3 is 0 Å². The normalized spacial score (nSPS) is 18.4. The number of oxazole rings is 1. The number of aromatic nitrogens is 1. The molecule has 1 aliphatic heterocycles. The minimum absolute atomic E-state index is 0.0971. The van der Waals surface area contributed by atoms with Crippen molar-refractivity contribution in [3.05, 3.63) is 36.4 Å². The lowest BCUT2D eigenvalue weighted by molar-refractivity contribution is -0.129. The third-order valence-corrected chi connectivity index (χ3v) is 4.27. The molecule has 128 valence electrons. The fourth-order valence-corrected chi connectivity index (χ4v) is 2.98. The van der Waals surface area contributed by atoms with Gasteiger partial charge in [-0.05, 0) is 30.7 Å². The summed E-state index contributed by atoms with van der Waals surface area (Å²) in [4.78, 5) is 18.6. The number of carbonyl (C=O) groups excluding carboxylic acids is 1. The van der Waals surface area contributed by atoms with Crippen molar-refractivity contribution in [3.8, 4) is 17.1 Å². The van der Waals surface area contributed by atoms with E-state index in [1.54, 1.807) is 13.3 Å². The topological polar surface area (TPSA) is 67.6 Å². The maximum absolute atomic E-state index is 12.1. The van der Waals surface area contributed by atoms with E-state index in [9.17, 15) is 4.79 Å². The van der Waals surface area contributed by atoms with Crippen LogP contribution >= 0.6 is 0 Å². The molecule has 1 aromatic carbocycles. The zero-order valence-electron chi connectivity index (χ0n) is 14.1. The Morgan fingerprint density at radius 2 is 2.17 bits per heavy atom. The number of piperazine rings is 1. The second-order valence-corrected chi connectivity index (χ2v) is 5.91. The number of hydrogen-bond acceptors (Lipinski definition) is 5. The summed E-state index contributed by atoms with van der Waals surface area (Å²) < 4.78 is 11.0. The molecule has 1 fully saturated rings. The van der Waals surface area contributed by atoms with E-state index in [0.717, 1.165) is 36.5 Å². The quantitative estimate of drug-likeness (QED) is 0.882. The number of amides is 1. The van der Waals surface area contributed by atoms with Crippen molar-refractivity contribution in [1.82, 2.24) is 15.2 Å². The molecule has 0 radical (unpaired) electrons. The maximum atomic E-state index is 12.1. The van der Waals surface area contributed by atoms with Gasteiger partial charge in [-0.3, -0.25) is 9.69 Å². The van der Waals surface area contributed by atoms with E-state index in [4.69, 9.17) is 9.15 Å². The van der Waals surface area contributed by atoms with Crippen molar-refractivity contribution >= 4 is 5.91 Å². The number of benzene rings is 1. The number of carbonyl (C=O) groups is 1. The van der Waals surface area contributed by atoms with Gasteiger partial charge in [-0.25, -0.2) is 4.98 Å². The van der Waals surface area contributed by atoms with Gasteiger partial charge < -0.3 is 14.5 Å². The molecule has 1 saturated heterocycles. The lowest BCUT2D eigenvalue weighted by Gasteiger charge is -2.33. The monoisotopic (exact) mass is 329 g/mol. The summed E-state index contributed by atoms with van der Waals surface area (Å²) in [6.45, 7) is 4.13. The molecular weight excluding hydrogens is 306 g/mol. The Bertz CT molecular complexity index is 681. The first kappa shape index (κ1) is 16.5. The van der Waals surface area contributed by atoms with Crippen molar-refractivity contribution in [3.63, 3.8) is 0 Å². The SMILES string of the molecule is CCCC1C(=O)NCCN1Cc1ncc(-c2ccc(OC)cc2)o1. The first-order valence-electron chi connectivity index (χ1n) is 8.32. The van der Waals surface area contributed by atoms with Crippen molar-refractivity contribution in [2.75, 3.05) is 20.2 Å². The van der Waals surface area contributed by atoms with Crippen LogP contribution in [-0.2, 0) is 11.3 Å². The van der Waals surface area contributed by atoms with Crippen LogP contribution in [0, 0.1) is 0 Å². The van der Waals surface area contributed by atoms with Crippen LogP contribution in [0.5, 0.6) is 5.75 Å². The van der Waals surface area contributed by atoms with Gasteiger partial charge in [0.05, 0.1) is 25.9 Å². The minimum Gasteiger partial charge on any atom is -0.497 e. The number of rotatable bonds is 6. The molecule has 6 nitrogen and oxygen atoms in total. The second kappa shape index (κ2) is 7.49. The van der Waals surface area contributed by atoms with Gasteiger partial charge in [0, 0.05) is 18.7 Å². The molecule has 1 atom stereocenters. The Kier molecular flexibility index (Phi) is 5.15. The second-order valence-electron chi connectivity index (χ2n) is 5.91. The van der Waals surface area contributed by atoms with Crippen LogP contribution in [-0.4, -0.2) is 42.0 Å². The van der Waals surface area contributed by atoms with Gasteiger partial charge in [-0.2, -0.15) is 0 Å². The number of hydrogen-bond donors (Lipinski definition) is 1. The third-order valence-electron chi connectivity index (χ3n) is 4.27. The van der Waals surface area contributed by atoms with Crippen molar-refractivity contribution < 1.29 is 13.9 Å². The predicted molar refractivity (Wildman–Crippen MR) is 90.6 cm³/mol. The molecule has 3 rings (SSSR count). The Hall–Kier alpha value is -2.34. The van der Waals surface area contributed by atoms with Crippen LogP contribution in [0.2, 0.25) is 0 Å². The van der Waals surface area contributed by atoms with Crippen LogP contribution in [0.3, 0.4) is 0 Å². The van der Waals surface area contributed by atoms with Crippen LogP contribution in [0.4, 0.5) is 0 Å². The van der Waals surface area contributed by atoms with Gasteiger partial charge in [-0.1, -0.05) is 13.3 Å². The largest absolute Gasteiger partial charge is 0.497 e. The molecule has 1 amide bonds. The summed E-state index contributed by atoms with van der Waals surface area (Å²) in [5, 5.41) is 2.93. The van der Waals surface area contributed by atoms with Gasteiger partial charge in [-0.15, -0.1) is 0 Å². The first-order chi connectivity index (χ1) is 11.7. The average molecular weight is 329 g/mol. The Morgan fingerprint density at radius 1 is 1.38 bits per heavy atom. The summed E-state index contributed by atoms with van der Waals surface area (Å²) in [5.74, 6) is 2.27. The highest BCUT2D eigenvalue weighted by atomic mass is 16.5. The summed E-state index contributed by atoms with van der Waals surface area (Å²) >= 11 is 0. The highest BCUT2D eigenvalue weighted by Crippen LogP contribution is 2.24. The van der Waals surface area contributed by atoms with Gasteiger partial charge in [0.2, 0.25) is 11.8 Å². The molecule has 24 heavy (non-hydrogen) atoms. The number of ether oxygens (including phenoxy) is 1. The molecule has 0 aliphatic carbocycles. The molecule has 6 heteroatoms. The van der Waals surface area contributed by atoms with Gasteiger partial charge in [0.25, 0.3) is 0 Å². The maximum Gasteiger partial charge on any atom is 0.237 e. The Balaban J connectivity index is 1.71. The smallest absolute Gasteiger partial charge is 0.237 e. The molecule has 1 N–H and O–H groups in total. The first-order valence-corrected chi connectivity index (χ1v) is 8.32. The minimum atomic E-state index is -0.0971. The van der Waals surface area contributed by atoms with E-state index in [1.807, 2.05) is 24.3 Å². The van der Waals surface area contributed by atoms with Gasteiger partial charge in [0.1, 0.15) is 5.75 Å². The fourth-order valence-electron chi connectivity index (χ4n) is 2.98. The Labute approximate surface area is 141 Å². The summed E-state index contributed by atoms with van der Waals surface area (Å²) in [7, 11) is 1.64. The zero-order valence-corrected chi connectivity index (χ0v) is 14.1. The lowest BCUT2D eigenvalue weighted by Crippen LogP contribution is -2.54. The molecule has 0 spiro atoms. The number of nitrogens with zero attached hydrogens (tertiary/aromatic N) is 2. The van der Waals surface area contributed by atoms with E-state index in [-0.39, 0.29) is 11.9 Å². The molecule has 1 aliphatic rings. The molecule has 0 saturated carbocycles. The third kappa shape index (κ3) is 3.59. The molecule has 0 bridgehead atoms. The summed E-state index contributed by atoms with van der Waals surface area (Å²) in [6, 6.07) is 7.57. The van der Waals surface area contributed by atoms with E-state index in [1.165, 1.54) is 0 Å². The van der Waals surface area contributed by atoms with Crippen molar-refractivity contribution in [2.24, 2.45) is 0 Å². The molecule has 2 aromatic rings. The number of methoxy groups -OCH3 is 1. The van der Waals surface area contributed by atoms with Gasteiger partial charge in [0.15, 0.2) is 5.76 Å². The standard InChI is InChI=1S/C18H23N3O3/c1-3-4-15-18(22)19-9-10-21(15)12-17-20-11-16(24-17)13-5-7-14(23-2)8-6-13/h5-8,11,15H,3-4,9-10,12H2,1-2H3,(H,19,22). The lowest BCUT2D eigenvalue weighted by atomic mass is 10.1. The summed E-state index contributed by atoms with van der Waals surface area (Å²) in [6.07, 6.45) is 3.55. The van der Waals surface area contributed by atoms with E-state index >= 15 is 0 Å². The van der Waals surface area contributed by atoms with Crippen molar-refractivity contribution in [2.45, 2.75) is 32.4 Å². The number of nitrogens with one attached hydrogen (secondary N) is 1. The van der Waals surface area contributed by atoms with Crippen molar-refractivity contribution in [1.29, 1.82) is 0 Å². The Morgan fingerprint density at radius 3 is 2.88 bits per heavy atom. The average Bonchev–Trinajstić information content (AvgIpc) is 3.07. The van der Waals surface area contributed by atoms with Crippen LogP contribution < -0.4 is 10.1 Å². The highest BCUT2D eigenvalue weighted by Gasteiger charge is 2.29. The van der Waals surface area contributed by atoms with Crippen LogP contribution in [0.1, 0.15) is 25.7 Å². The molecule has 2 heterocycles.